The molecule has 0 N–H and O–H groups in total. The third kappa shape index (κ3) is 3.18. The van der Waals surface area contributed by atoms with Crippen molar-refractivity contribution in [3.8, 4) is 28.6 Å². The van der Waals surface area contributed by atoms with Gasteiger partial charge in [-0.3, -0.25) is 4.79 Å². The van der Waals surface area contributed by atoms with Gasteiger partial charge in [0.05, 0.1) is 25.9 Å². The second-order valence-electron chi connectivity index (χ2n) is 5.89. The average molecular weight is 395 g/mol. The van der Waals surface area contributed by atoms with Gasteiger partial charge >= 0.3 is 0 Å². The van der Waals surface area contributed by atoms with Crippen molar-refractivity contribution in [3.05, 3.63) is 62.9 Å². The Balaban J connectivity index is 1.74. The average Bonchev–Trinajstić information content (AvgIpc) is 3.27. The second kappa shape index (κ2) is 7.32. The van der Waals surface area contributed by atoms with Gasteiger partial charge in [-0.1, -0.05) is 17.4 Å². The molecule has 0 radical (unpaired) electrons. The van der Waals surface area contributed by atoms with Crippen molar-refractivity contribution >= 4 is 22.4 Å². The lowest BCUT2D eigenvalue weighted by molar-refractivity contribution is 0.355. The number of rotatable bonds is 5. The lowest BCUT2D eigenvalue weighted by Crippen LogP contribution is -2.23. The van der Waals surface area contributed by atoms with E-state index in [-0.39, 0.29) is 5.56 Å². The molecule has 0 spiro atoms. The van der Waals surface area contributed by atoms with Crippen molar-refractivity contribution in [1.29, 1.82) is 0 Å². The van der Waals surface area contributed by atoms with Crippen LogP contribution in [-0.4, -0.2) is 35.9 Å². The molecule has 0 aliphatic carbocycles. The molecule has 28 heavy (non-hydrogen) atoms. The summed E-state index contributed by atoms with van der Waals surface area (Å²) in [5.74, 6) is 2.49. The topological polar surface area (TPSA) is 75.0 Å². The third-order valence-corrected chi connectivity index (χ3v) is 5.19. The van der Waals surface area contributed by atoms with Gasteiger partial charge in [0.2, 0.25) is 4.96 Å². The maximum atomic E-state index is 12.7. The highest BCUT2D eigenvalue weighted by Crippen LogP contribution is 2.27. The van der Waals surface area contributed by atoms with Crippen LogP contribution in [0.25, 0.3) is 22.4 Å². The van der Waals surface area contributed by atoms with Gasteiger partial charge in [-0.15, -0.1) is 5.10 Å². The van der Waals surface area contributed by atoms with Crippen LogP contribution < -0.4 is 24.3 Å². The predicted octanol–water partition coefficient (Wildman–Crippen LogP) is 2.39. The molecule has 2 aromatic heterocycles. The van der Waals surface area contributed by atoms with Crippen molar-refractivity contribution in [1.82, 2.24) is 14.6 Å². The van der Waals surface area contributed by atoms with E-state index in [1.807, 2.05) is 36.4 Å². The first-order valence-electron chi connectivity index (χ1n) is 8.40. The Bertz CT molecular complexity index is 1250. The molecule has 2 heterocycles. The summed E-state index contributed by atoms with van der Waals surface area (Å²) < 4.78 is 17.6. The van der Waals surface area contributed by atoms with Crippen molar-refractivity contribution in [3.63, 3.8) is 0 Å². The Hall–Kier alpha value is -3.39. The standard InChI is InChI=1S/C20H17N3O4S/c1-25-14-7-5-13(6-8-14)18-21-20-23(22-18)19(24)17(28-20)11-12-4-9-15(26-2)16(10-12)27-3/h4-11H,1-3H3. The Morgan fingerprint density at radius 2 is 1.71 bits per heavy atom. The number of ether oxygens (including phenoxy) is 3. The SMILES string of the molecule is COc1ccc(-c2nc3sc(=Cc4ccc(OC)c(OC)c4)c(=O)n3n2)cc1. The number of nitrogens with zero attached hydrogens (tertiary/aromatic N) is 3. The first-order chi connectivity index (χ1) is 13.6. The molecule has 4 rings (SSSR count). The van der Waals surface area contributed by atoms with Gasteiger partial charge in [0, 0.05) is 5.56 Å². The minimum absolute atomic E-state index is 0.206. The zero-order chi connectivity index (χ0) is 19.7. The Morgan fingerprint density at radius 1 is 0.964 bits per heavy atom. The van der Waals surface area contributed by atoms with Crippen LogP contribution in [0.4, 0.5) is 0 Å². The maximum absolute atomic E-state index is 12.7. The number of benzene rings is 2. The monoisotopic (exact) mass is 395 g/mol. The van der Waals surface area contributed by atoms with Crippen LogP contribution in [0.3, 0.4) is 0 Å². The molecule has 8 heteroatoms. The molecule has 4 aromatic rings. The lowest BCUT2D eigenvalue weighted by atomic mass is 10.2. The molecule has 0 amide bonds. The normalized spacial score (nSPS) is 11.8. The number of hydrogen-bond acceptors (Lipinski definition) is 7. The maximum Gasteiger partial charge on any atom is 0.291 e. The second-order valence-corrected chi connectivity index (χ2v) is 6.90. The van der Waals surface area contributed by atoms with Gasteiger partial charge < -0.3 is 14.2 Å². The van der Waals surface area contributed by atoms with E-state index in [0.717, 1.165) is 16.9 Å². The van der Waals surface area contributed by atoms with Crippen LogP contribution in [-0.2, 0) is 0 Å². The van der Waals surface area contributed by atoms with E-state index in [1.165, 1.54) is 15.9 Å². The van der Waals surface area contributed by atoms with Crippen LogP contribution >= 0.6 is 11.3 Å². The first kappa shape index (κ1) is 18.0. The highest BCUT2D eigenvalue weighted by molar-refractivity contribution is 7.15. The lowest BCUT2D eigenvalue weighted by Gasteiger charge is -2.07. The summed E-state index contributed by atoms with van der Waals surface area (Å²) in [7, 11) is 4.77. The molecular weight excluding hydrogens is 378 g/mol. The smallest absolute Gasteiger partial charge is 0.291 e. The molecule has 0 aliphatic heterocycles. The molecule has 0 atom stereocenters. The predicted molar refractivity (Wildman–Crippen MR) is 107 cm³/mol. The van der Waals surface area contributed by atoms with Crippen molar-refractivity contribution < 1.29 is 14.2 Å². The molecule has 0 bridgehead atoms. The largest absolute Gasteiger partial charge is 0.497 e. The number of aromatic nitrogens is 3. The summed E-state index contributed by atoms with van der Waals surface area (Å²) in [6.45, 7) is 0. The molecule has 0 aliphatic rings. The Morgan fingerprint density at radius 3 is 2.36 bits per heavy atom. The van der Waals surface area contributed by atoms with Crippen LogP contribution in [0.1, 0.15) is 5.56 Å². The van der Waals surface area contributed by atoms with E-state index in [9.17, 15) is 4.79 Å². The van der Waals surface area contributed by atoms with Crippen molar-refractivity contribution in [2.45, 2.75) is 0 Å². The molecule has 0 fully saturated rings. The molecular formula is C20H17N3O4S. The fourth-order valence-electron chi connectivity index (χ4n) is 2.79. The van der Waals surface area contributed by atoms with Crippen LogP contribution in [0.15, 0.2) is 47.3 Å². The van der Waals surface area contributed by atoms with E-state index in [1.54, 1.807) is 33.5 Å². The molecule has 0 unspecified atom stereocenters. The summed E-state index contributed by atoms with van der Waals surface area (Å²) >= 11 is 1.29. The highest BCUT2D eigenvalue weighted by Gasteiger charge is 2.12. The first-order valence-corrected chi connectivity index (χ1v) is 9.22. The van der Waals surface area contributed by atoms with Gasteiger partial charge in [-0.25, -0.2) is 0 Å². The summed E-state index contributed by atoms with van der Waals surface area (Å²) in [5.41, 5.74) is 1.44. The number of fused-ring (bicyclic) bond motifs is 1. The summed E-state index contributed by atoms with van der Waals surface area (Å²) in [5, 5.41) is 4.36. The van der Waals surface area contributed by atoms with Crippen LogP contribution in [0.5, 0.6) is 17.2 Å². The molecule has 7 nitrogen and oxygen atoms in total. The zero-order valence-electron chi connectivity index (χ0n) is 15.5. The Kier molecular flexibility index (Phi) is 4.70. The molecule has 0 saturated heterocycles. The van der Waals surface area contributed by atoms with Gasteiger partial charge in [0.25, 0.3) is 5.56 Å². The van der Waals surface area contributed by atoms with Crippen LogP contribution in [0, 0.1) is 0 Å². The van der Waals surface area contributed by atoms with Crippen LogP contribution in [0.2, 0.25) is 0 Å². The van der Waals surface area contributed by atoms with Gasteiger partial charge in [0.15, 0.2) is 17.3 Å². The molecule has 142 valence electrons. The summed E-state index contributed by atoms with van der Waals surface area (Å²) in [6, 6.07) is 12.9. The summed E-state index contributed by atoms with van der Waals surface area (Å²) in [4.78, 5) is 17.8. The minimum Gasteiger partial charge on any atom is -0.497 e. The van der Waals surface area contributed by atoms with Gasteiger partial charge in [-0.2, -0.15) is 9.50 Å². The molecule has 2 aromatic carbocycles. The van der Waals surface area contributed by atoms with Gasteiger partial charge in [-0.05, 0) is 48.0 Å². The highest BCUT2D eigenvalue weighted by atomic mass is 32.1. The number of methoxy groups -OCH3 is 3. The number of hydrogen-bond donors (Lipinski definition) is 0. The van der Waals surface area contributed by atoms with E-state index < -0.39 is 0 Å². The van der Waals surface area contributed by atoms with Crippen molar-refractivity contribution in [2.24, 2.45) is 0 Å². The quantitative estimate of drug-likeness (QED) is 0.517. The Labute approximate surface area is 164 Å². The third-order valence-electron chi connectivity index (χ3n) is 4.24. The minimum atomic E-state index is -0.206. The van der Waals surface area contributed by atoms with E-state index >= 15 is 0 Å². The van der Waals surface area contributed by atoms with Crippen molar-refractivity contribution in [2.75, 3.05) is 21.3 Å². The fourth-order valence-corrected chi connectivity index (χ4v) is 3.70. The number of thiazole rings is 1. The van der Waals surface area contributed by atoms with E-state index in [0.29, 0.717) is 26.8 Å². The summed E-state index contributed by atoms with van der Waals surface area (Å²) in [6.07, 6.45) is 1.79. The zero-order valence-corrected chi connectivity index (χ0v) is 16.3. The van der Waals surface area contributed by atoms with Gasteiger partial charge in [0.1, 0.15) is 5.75 Å². The fraction of sp³-hybridized carbons (Fsp3) is 0.150. The van der Waals surface area contributed by atoms with E-state index in [2.05, 4.69) is 10.1 Å². The van der Waals surface area contributed by atoms with E-state index in [4.69, 9.17) is 14.2 Å². The molecule has 0 saturated carbocycles.